The van der Waals surface area contributed by atoms with Crippen molar-refractivity contribution < 1.29 is 26.8 Å². The van der Waals surface area contributed by atoms with E-state index < -0.39 is 29.3 Å². The summed E-state index contributed by atoms with van der Waals surface area (Å²) >= 11 is 0. The van der Waals surface area contributed by atoms with Crippen molar-refractivity contribution in [2.75, 3.05) is 5.32 Å². The van der Waals surface area contributed by atoms with Crippen LogP contribution in [0.15, 0.2) is 46.9 Å². The summed E-state index contributed by atoms with van der Waals surface area (Å²) in [4.78, 5) is 17.0. The number of hydrogen-bond donors (Lipinski definition) is 1. The first kappa shape index (κ1) is 21.5. The smallest absolute Gasteiger partial charge is 0.435 e. The van der Waals surface area contributed by atoms with Crippen LogP contribution in [0.2, 0.25) is 0 Å². The number of oxazole rings is 1. The molecule has 2 aromatic heterocycles. The average molecular weight is 447 g/mol. The summed E-state index contributed by atoms with van der Waals surface area (Å²) in [5.41, 5.74) is -1.82. The summed E-state index contributed by atoms with van der Waals surface area (Å²) in [5, 5.41) is 9.21. The topological polar surface area (TPSA) is 85.8 Å². The first-order valence-corrected chi connectivity index (χ1v) is 9.45. The summed E-state index contributed by atoms with van der Waals surface area (Å²) in [6.45, 7) is 5.75. The molecule has 0 atom stereocenters. The molecule has 7 nitrogen and oxygen atoms in total. The molecule has 1 amide bonds. The van der Waals surface area contributed by atoms with Crippen molar-refractivity contribution in [3.63, 3.8) is 0 Å². The Balaban J connectivity index is 1.69. The van der Waals surface area contributed by atoms with Crippen LogP contribution in [0.1, 0.15) is 42.8 Å². The number of amides is 1. The lowest BCUT2D eigenvalue weighted by Crippen LogP contribution is -2.21. The van der Waals surface area contributed by atoms with Gasteiger partial charge in [0.1, 0.15) is 11.3 Å². The second kappa shape index (κ2) is 7.43. The van der Waals surface area contributed by atoms with Gasteiger partial charge in [-0.15, -0.1) is 5.10 Å². The van der Waals surface area contributed by atoms with Crippen LogP contribution in [0.25, 0.3) is 16.8 Å². The zero-order chi connectivity index (χ0) is 23.3. The predicted molar refractivity (Wildman–Crippen MR) is 107 cm³/mol. The van der Waals surface area contributed by atoms with Crippen molar-refractivity contribution in [3.05, 3.63) is 65.6 Å². The fraction of sp³-hybridized carbons (Fsp3) is 0.238. The van der Waals surface area contributed by atoms with E-state index in [2.05, 4.69) is 20.6 Å². The molecule has 1 N–H and O–H groups in total. The lowest BCUT2D eigenvalue weighted by molar-refractivity contribution is -0.143. The third-order valence-electron chi connectivity index (χ3n) is 4.49. The molecule has 0 aliphatic rings. The molecular formula is C21H17F4N5O2. The van der Waals surface area contributed by atoms with Crippen LogP contribution in [-0.2, 0) is 11.6 Å². The van der Waals surface area contributed by atoms with Crippen LogP contribution in [-0.4, -0.2) is 25.9 Å². The van der Waals surface area contributed by atoms with Gasteiger partial charge in [0.15, 0.2) is 17.0 Å². The number of hydrogen-bond acceptors (Lipinski definition) is 5. The monoisotopic (exact) mass is 447 g/mol. The van der Waals surface area contributed by atoms with Gasteiger partial charge in [-0.3, -0.25) is 4.79 Å². The van der Waals surface area contributed by atoms with Crippen molar-refractivity contribution in [1.82, 2.24) is 20.0 Å². The molecule has 32 heavy (non-hydrogen) atoms. The van der Waals surface area contributed by atoms with Gasteiger partial charge in [-0.1, -0.05) is 32.1 Å². The Morgan fingerprint density at radius 3 is 2.50 bits per heavy atom. The van der Waals surface area contributed by atoms with Gasteiger partial charge in [-0.25, -0.2) is 14.1 Å². The largest absolute Gasteiger partial charge is 0.440 e. The Bertz CT molecular complexity index is 1320. The van der Waals surface area contributed by atoms with E-state index in [0.29, 0.717) is 21.7 Å². The predicted octanol–water partition coefficient (Wildman–Crippen LogP) is 5.12. The van der Waals surface area contributed by atoms with Crippen LogP contribution in [0, 0.1) is 5.82 Å². The van der Waals surface area contributed by atoms with E-state index in [1.54, 1.807) is 6.07 Å². The van der Waals surface area contributed by atoms with Crippen molar-refractivity contribution in [2.24, 2.45) is 0 Å². The maximum absolute atomic E-state index is 13.8. The molecule has 0 saturated carbocycles. The number of fused-ring (bicyclic) bond motifs is 1. The zero-order valence-electron chi connectivity index (χ0n) is 17.2. The quantitative estimate of drug-likeness (QED) is 0.441. The highest BCUT2D eigenvalue weighted by atomic mass is 19.4. The lowest BCUT2D eigenvalue weighted by atomic mass is 9.97. The molecule has 0 fully saturated rings. The van der Waals surface area contributed by atoms with Crippen LogP contribution in [0.3, 0.4) is 0 Å². The number of nitrogens with zero attached hydrogens (tertiary/aromatic N) is 4. The second-order valence-electron chi connectivity index (χ2n) is 8.08. The molecule has 0 radical (unpaired) electrons. The fourth-order valence-electron chi connectivity index (χ4n) is 2.99. The van der Waals surface area contributed by atoms with Gasteiger partial charge in [0.05, 0.1) is 5.69 Å². The number of benzene rings is 2. The highest BCUT2D eigenvalue weighted by Crippen LogP contribution is 2.33. The Morgan fingerprint density at radius 1 is 1.09 bits per heavy atom. The molecule has 4 aromatic rings. The molecule has 0 aliphatic heterocycles. The number of alkyl halides is 3. The summed E-state index contributed by atoms with van der Waals surface area (Å²) in [6.07, 6.45) is -4.97. The summed E-state index contributed by atoms with van der Waals surface area (Å²) in [5.74, 6) is -1.40. The molecule has 2 aromatic carbocycles. The molecule has 0 aliphatic carbocycles. The summed E-state index contributed by atoms with van der Waals surface area (Å²) < 4.78 is 60.8. The van der Waals surface area contributed by atoms with Crippen LogP contribution < -0.4 is 5.32 Å². The number of aromatic nitrogens is 4. The minimum atomic E-state index is -4.97. The van der Waals surface area contributed by atoms with Crippen LogP contribution >= 0.6 is 0 Å². The molecule has 4 rings (SSSR count). The molecule has 166 valence electrons. The molecule has 11 heteroatoms. The molecule has 0 unspecified atom stereocenters. The SMILES string of the molecule is CC(C)(C)c1nc2cc(NC(=O)c3nnn(-c4cccc(F)c4)c3C(F)(F)F)ccc2o1. The third kappa shape index (κ3) is 4.05. The standard InChI is InChI=1S/C21H17F4N5O2/c1-20(2,3)19-27-14-10-12(7-8-15(14)32-19)26-18(31)16-17(21(23,24)25)30(29-28-16)13-6-4-5-11(22)9-13/h4-10H,1-3H3,(H,26,31). The van der Waals surface area contributed by atoms with Crippen LogP contribution in [0.4, 0.5) is 23.2 Å². The highest BCUT2D eigenvalue weighted by Gasteiger charge is 2.42. The number of anilines is 1. The maximum atomic E-state index is 13.8. The van der Waals surface area contributed by atoms with Gasteiger partial charge >= 0.3 is 6.18 Å². The van der Waals surface area contributed by atoms with E-state index in [0.717, 1.165) is 12.1 Å². The normalized spacial score (nSPS) is 12.3. The molecule has 0 saturated heterocycles. The van der Waals surface area contributed by atoms with E-state index in [9.17, 15) is 22.4 Å². The first-order valence-electron chi connectivity index (χ1n) is 9.45. The van der Waals surface area contributed by atoms with Gasteiger partial charge in [0.2, 0.25) is 5.89 Å². The first-order chi connectivity index (χ1) is 14.9. The number of halogens is 4. The Kier molecular flexibility index (Phi) is 4.99. The molecule has 2 heterocycles. The number of carbonyl (C=O) groups is 1. The Morgan fingerprint density at radius 2 is 1.84 bits per heavy atom. The number of rotatable bonds is 3. The maximum Gasteiger partial charge on any atom is 0.435 e. The van der Waals surface area contributed by atoms with Gasteiger partial charge in [-0.05, 0) is 36.4 Å². The average Bonchev–Trinajstić information content (AvgIpc) is 3.32. The van der Waals surface area contributed by atoms with Gasteiger partial charge in [0.25, 0.3) is 5.91 Å². The summed E-state index contributed by atoms with van der Waals surface area (Å²) in [6, 6.07) is 8.90. The van der Waals surface area contributed by atoms with E-state index in [1.807, 2.05) is 20.8 Å². The third-order valence-corrected chi connectivity index (χ3v) is 4.49. The van der Waals surface area contributed by atoms with Crippen molar-refractivity contribution in [3.8, 4) is 5.69 Å². The van der Waals surface area contributed by atoms with Gasteiger partial charge in [0, 0.05) is 11.1 Å². The van der Waals surface area contributed by atoms with Crippen molar-refractivity contribution in [1.29, 1.82) is 0 Å². The molecule has 0 spiro atoms. The van der Waals surface area contributed by atoms with Crippen molar-refractivity contribution >= 4 is 22.7 Å². The molecular weight excluding hydrogens is 430 g/mol. The van der Waals surface area contributed by atoms with Crippen molar-refractivity contribution in [2.45, 2.75) is 32.4 Å². The lowest BCUT2D eigenvalue weighted by Gasteiger charge is -2.11. The van der Waals surface area contributed by atoms with Gasteiger partial charge in [-0.2, -0.15) is 13.2 Å². The van der Waals surface area contributed by atoms with E-state index in [4.69, 9.17) is 4.42 Å². The van der Waals surface area contributed by atoms with E-state index in [1.165, 1.54) is 24.3 Å². The minimum absolute atomic E-state index is 0.199. The number of nitrogens with one attached hydrogen (secondary N) is 1. The highest BCUT2D eigenvalue weighted by molar-refractivity contribution is 6.04. The number of carbonyl (C=O) groups excluding carboxylic acids is 1. The van der Waals surface area contributed by atoms with E-state index in [-0.39, 0.29) is 16.8 Å². The zero-order valence-corrected chi connectivity index (χ0v) is 17.2. The summed E-state index contributed by atoms with van der Waals surface area (Å²) in [7, 11) is 0. The van der Waals surface area contributed by atoms with E-state index >= 15 is 0 Å². The Hall–Kier alpha value is -3.76. The second-order valence-corrected chi connectivity index (χ2v) is 8.08. The Labute approximate surface area is 179 Å². The van der Waals surface area contributed by atoms with Gasteiger partial charge < -0.3 is 9.73 Å². The molecule has 0 bridgehead atoms. The fourth-order valence-corrected chi connectivity index (χ4v) is 2.99. The van der Waals surface area contributed by atoms with Crippen LogP contribution in [0.5, 0.6) is 0 Å². The minimum Gasteiger partial charge on any atom is -0.440 e.